The monoisotopic (exact) mass is 325 g/mol. The summed E-state index contributed by atoms with van der Waals surface area (Å²) >= 11 is 11.5. The van der Waals surface area contributed by atoms with Crippen LogP contribution < -0.4 is 5.43 Å². The molecular formula is C13H9Cl2N3O3. The molecule has 0 heterocycles. The largest absolute Gasteiger partial charge is 0.502 e. The number of nitrogens with zero attached hydrogens (tertiary/aromatic N) is 2. The van der Waals surface area contributed by atoms with Gasteiger partial charge in [0.25, 0.3) is 0 Å². The van der Waals surface area contributed by atoms with Gasteiger partial charge in [-0.25, -0.2) is 0 Å². The maximum Gasteiger partial charge on any atom is 0.312 e. The van der Waals surface area contributed by atoms with Crippen molar-refractivity contribution in [2.75, 3.05) is 5.43 Å². The Kier molecular flexibility index (Phi) is 4.62. The van der Waals surface area contributed by atoms with Crippen molar-refractivity contribution < 1.29 is 10.0 Å². The third kappa shape index (κ3) is 3.84. The minimum atomic E-state index is -0.717. The summed E-state index contributed by atoms with van der Waals surface area (Å²) in [6.07, 6.45) is 1.24. The van der Waals surface area contributed by atoms with Crippen LogP contribution >= 0.6 is 23.2 Å². The first-order chi connectivity index (χ1) is 9.97. The first-order valence-corrected chi connectivity index (χ1v) is 6.44. The Bertz CT molecular complexity index is 703. The lowest BCUT2D eigenvalue weighted by Gasteiger charge is -2.02. The number of phenols is 1. The lowest BCUT2D eigenvalue weighted by molar-refractivity contribution is -0.385. The van der Waals surface area contributed by atoms with Gasteiger partial charge in [0.15, 0.2) is 0 Å². The number of aromatic hydroxyl groups is 1. The summed E-state index contributed by atoms with van der Waals surface area (Å²) in [5.74, 6) is -0.494. The number of nitrogens with one attached hydrogen (secondary N) is 1. The minimum Gasteiger partial charge on any atom is -0.502 e. The summed E-state index contributed by atoms with van der Waals surface area (Å²) in [7, 11) is 0. The zero-order valence-corrected chi connectivity index (χ0v) is 12.0. The van der Waals surface area contributed by atoms with Crippen molar-refractivity contribution in [3.63, 3.8) is 0 Å². The molecule has 0 atom stereocenters. The molecule has 0 amide bonds. The SMILES string of the molecule is O=[N+]([O-])c1cc(Cl)cc(/C=N\Nc2ccc(Cl)cc2)c1O. The van der Waals surface area contributed by atoms with Crippen LogP contribution in [-0.2, 0) is 0 Å². The highest BCUT2D eigenvalue weighted by atomic mass is 35.5. The van der Waals surface area contributed by atoms with Crippen LogP contribution in [0.3, 0.4) is 0 Å². The van der Waals surface area contributed by atoms with Crippen molar-refractivity contribution in [2.45, 2.75) is 0 Å². The molecule has 8 heteroatoms. The normalized spacial score (nSPS) is 10.8. The van der Waals surface area contributed by atoms with E-state index >= 15 is 0 Å². The zero-order valence-electron chi connectivity index (χ0n) is 10.5. The molecule has 0 saturated carbocycles. The molecule has 0 unspecified atom stereocenters. The van der Waals surface area contributed by atoms with Gasteiger partial charge in [0.2, 0.25) is 5.75 Å². The van der Waals surface area contributed by atoms with Gasteiger partial charge in [-0.05, 0) is 30.3 Å². The van der Waals surface area contributed by atoms with Crippen LogP contribution in [0.4, 0.5) is 11.4 Å². The molecule has 2 aromatic rings. The molecule has 0 aliphatic carbocycles. The number of hydrogen-bond acceptors (Lipinski definition) is 5. The van der Waals surface area contributed by atoms with Crippen LogP contribution in [0.1, 0.15) is 5.56 Å². The number of rotatable bonds is 4. The van der Waals surface area contributed by atoms with Crippen molar-refractivity contribution in [1.82, 2.24) is 0 Å². The van der Waals surface area contributed by atoms with Crippen LogP contribution in [0.2, 0.25) is 10.0 Å². The van der Waals surface area contributed by atoms with E-state index in [-0.39, 0.29) is 10.6 Å². The van der Waals surface area contributed by atoms with E-state index in [1.54, 1.807) is 24.3 Å². The lowest BCUT2D eigenvalue weighted by atomic mass is 10.2. The number of halogens is 2. The highest BCUT2D eigenvalue weighted by Gasteiger charge is 2.17. The van der Waals surface area contributed by atoms with Gasteiger partial charge in [-0.15, -0.1) is 0 Å². The molecule has 21 heavy (non-hydrogen) atoms. The first kappa shape index (κ1) is 15.1. The van der Waals surface area contributed by atoms with E-state index in [2.05, 4.69) is 10.5 Å². The minimum absolute atomic E-state index is 0.132. The Hall–Kier alpha value is -2.31. The molecule has 0 aliphatic rings. The summed E-state index contributed by atoms with van der Waals surface area (Å²) < 4.78 is 0. The second kappa shape index (κ2) is 6.43. The topological polar surface area (TPSA) is 87.8 Å². The van der Waals surface area contributed by atoms with E-state index in [0.29, 0.717) is 10.7 Å². The van der Waals surface area contributed by atoms with Crippen LogP contribution in [0, 0.1) is 10.1 Å². The van der Waals surface area contributed by atoms with E-state index in [4.69, 9.17) is 23.2 Å². The maximum atomic E-state index is 10.8. The molecule has 0 spiro atoms. The summed E-state index contributed by atoms with van der Waals surface area (Å²) in [5, 5.41) is 25.2. The number of nitro groups is 1. The average Bonchev–Trinajstić information content (AvgIpc) is 2.44. The summed E-state index contributed by atoms with van der Waals surface area (Å²) in [6.45, 7) is 0. The number of nitro benzene ring substituents is 1. The molecule has 0 saturated heterocycles. The molecular weight excluding hydrogens is 317 g/mol. The van der Waals surface area contributed by atoms with Gasteiger partial charge in [0.1, 0.15) is 0 Å². The highest BCUT2D eigenvalue weighted by Crippen LogP contribution is 2.32. The molecule has 0 fully saturated rings. The van der Waals surface area contributed by atoms with Crippen LogP contribution in [-0.4, -0.2) is 16.2 Å². The molecule has 6 nitrogen and oxygen atoms in total. The molecule has 0 radical (unpaired) electrons. The van der Waals surface area contributed by atoms with Crippen molar-refractivity contribution in [3.8, 4) is 5.75 Å². The molecule has 0 bridgehead atoms. The summed E-state index contributed by atoms with van der Waals surface area (Å²) in [6, 6.07) is 9.22. The molecule has 2 N–H and O–H groups in total. The lowest BCUT2D eigenvalue weighted by Crippen LogP contribution is -1.94. The third-order valence-electron chi connectivity index (χ3n) is 2.52. The smallest absolute Gasteiger partial charge is 0.312 e. The van der Waals surface area contributed by atoms with E-state index in [1.165, 1.54) is 12.3 Å². The van der Waals surface area contributed by atoms with Gasteiger partial charge >= 0.3 is 5.69 Å². The Balaban J connectivity index is 2.21. The fraction of sp³-hybridized carbons (Fsp3) is 0. The second-order valence-corrected chi connectivity index (χ2v) is 4.87. The predicted octanol–water partition coefficient (Wildman–Crippen LogP) is 4.05. The van der Waals surface area contributed by atoms with Crippen LogP contribution in [0.15, 0.2) is 41.5 Å². The first-order valence-electron chi connectivity index (χ1n) is 5.69. The molecule has 2 rings (SSSR count). The van der Waals surface area contributed by atoms with Crippen LogP contribution in [0.5, 0.6) is 5.75 Å². The highest BCUT2D eigenvalue weighted by molar-refractivity contribution is 6.31. The van der Waals surface area contributed by atoms with Gasteiger partial charge in [0, 0.05) is 21.7 Å². The van der Waals surface area contributed by atoms with Gasteiger partial charge in [-0.2, -0.15) is 5.10 Å². The summed E-state index contributed by atoms with van der Waals surface area (Å²) in [4.78, 5) is 10.1. The van der Waals surface area contributed by atoms with E-state index in [1.807, 2.05) is 0 Å². The third-order valence-corrected chi connectivity index (χ3v) is 2.99. The standard InChI is InChI=1S/C13H9Cl2N3O3/c14-9-1-3-11(4-2-9)17-16-7-8-5-10(15)6-12(13(8)19)18(20)21/h1-7,17,19H/b16-7-. The Morgan fingerprint density at radius 1 is 1.19 bits per heavy atom. The average molecular weight is 326 g/mol. The Labute approximate surface area is 129 Å². The maximum absolute atomic E-state index is 10.8. The van der Waals surface area contributed by atoms with E-state index < -0.39 is 16.4 Å². The summed E-state index contributed by atoms with van der Waals surface area (Å²) in [5.41, 5.74) is 3.03. The quantitative estimate of drug-likeness (QED) is 0.504. The number of anilines is 1. The van der Waals surface area contributed by atoms with Crippen molar-refractivity contribution in [3.05, 3.63) is 62.1 Å². The van der Waals surface area contributed by atoms with Crippen molar-refractivity contribution in [1.29, 1.82) is 0 Å². The number of benzene rings is 2. The number of hydrogen-bond donors (Lipinski definition) is 2. The predicted molar refractivity (Wildman–Crippen MR) is 82.4 cm³/mol. The molecule has 0 aromatic heterocycles. The van der Waals surface area contributed by atoms with Crippen LogP contribution in [0.25, 0.3) is 0 Å². The molecule has 108 valence electrons. The van der Waals surface area contributed by atoms with Crippen molar-refractivity contribution in [2.24, 2.45) is 5.10 Å². The number of hydrazone groups is 1. The van der Waals surface area contributed by atoms with E-state index in [9.17, 15) is 15.2 Å². The van der Waals surface area contributed by atoms with Gasteiger partial charge in [0.05, 0.1) is 16.8 Å². The van der Waals surface area contributed by atoms with Crippen molar-refractivity contribution >= 4 is 40.8 Å². The number of phenolic OH excluding ortho intramolecular Hbond substituents is 1. The molecule has 2 aromatic carbocycles. The van der Waals surface area contributed by atoms with Gasteiger partial charge in [-0.3, -0.25) is 15.5 Å². The Morgan fingerprint density at radius 3 is 2.48 bits per heavy atom. The Morgan fingerprint density at radius 2 is 1.86 bits per heavy atom. The fourth-order valence-corrected chi connectivity index (χ4v) is 1.89. The molecule has 0 aliphatic heterocycles. The van der Waals surface area contributed by atoms with E-state index in [0.717, 1.165) is 6.07 Å². The fourth-order valence-electron chi connectivity index (χ4n) is 1.54. The second-order valence-electron chi connectivity index (χ2n) is 4.00. The zero-order chi connectivity index (χ0) is 15.4. The van der Waals surface area contributed by atoms with Gasteiger partial charge in [-0.1, -0.05) is 23.2 Å². The van der Waals surface area contributed by atoms with Gasteiger partial charge < -0.3 is 5.11 Å².